The molecule has 0 aromatic carbocycles. The fourth-order valence-corrected chi connectivity index (χ4v) is 1.04. The third-order valence-electron chi connectivity index (χ3n) is 1.80. The lowest BCUT2D eigenvalue weighted by molar-refractivity contribution is 0.978. The van der Waals surface area contributed by atoms with Gasteiger partial charge in [-0.1, -0.05) is 0 Å². The lowest BCUT2D eigenvalue weighted by Crippen LogP contribution is -1.90. The Hall–Kier alpha value is -1.43. The van der Waals surface area contributed by atoms with E-state index in [9.17, 15) is 0 Å². The molecule has 0 unspecified atom stereocenters. The smallest absolute Gasteiger partial charge is 0.144 e. The van der Waals surface area contributed by atoms with E-state index >= 15 is 0 Å². The summed E-state index contributed by atoms with van der Waals surface area (Å²) in [5, 5.41) is 8.52. The summed E-state index contributed by atoms with van der Waals surface area (Å²) in [5.74, 6) is 0.602. The normalized spacial score (nSPS) is 15.9. The molecule has 1 saturated carbocycles. The molecule has 0 amide bonds. The zero-order chi connectivity index (χ0) is 7.68. The summed E-state index contributed by atoms with van der Waals surface area (Å²) in [6.45, 7) is 0. The Morgan fingerprint density at radius 2 is 2.27 bits per heavy atom. The second-order valence-electron chi connectivity index (χ2n) is 2.71. The fraction of sp³-hybridized carbons (Fsp3) is 0.375. The standard InChI is InChI=1S/C8H7N3/c9-4-7-3-8(6-1-2-6)11-5-10-7/h3,5-6H,1-2H2. The number of aromatic nitrogens is 2. The summed E-state index contributed by atoms with van der Waals surface area (Å²) in [4.78, 5) is 7.88. The fourth-order valence-electron chi connectivity index (χ4n) is 1.04. The van der Waals surface area contributed by atoms with Crippen molar-refractivity contribution < 1.29 is 0 Å². The van der Waals surface area contributed by atoms with Gasteiger partial charge in [-0.25, -0.2) is 9.97 Å². The molecule has 1 aliphatic carbocycles. The molecular formula is C8H7N3. The van der Waals surface area contributed by atoms with Gasteiger partial charge in [-0.3, -0.25) is 0 Å². The quantitative estimate of drug-likeness (QED) is 0.597. The van der Waals surface area contributed by atoms with Crippen LogP contribution in [-0.2, 0) is 0 Å². The second kappa shape index (κ2) is 2.31. The monoisotopic (exact) mass is 145 g/mol. The summed E-state index contributed by atoms with van der Waals surface area (Å²) in [6.07, 6.45) is 3.88. The highest BCUT2D eigenvalue weighted by Gasteiger charge is 2.24. The van der Waals surface area contributed by atoms with Gasteiger partial charge >= 0.3 is 0 Å². The largest absolute Gasteiger partial charge is 0.241 e. The van der Waals surface area contributed by atoms with Crippen LogP contribution in [0.2, 0.25) is 0 Å². The molecule has 1 aromatic heterocycles. The highest BCUT2D eigenvalue weighted by molar-refractivity contribution is 5.24. The van der Waals surface area contributed by atoms with E-state index in [0.717, 1.165) is 5.69 Å². The molecule has 1 fully saturated rings. The van der Waals surface area contributed by atoms with E-state index in [-0.39, 0.29) is 0 Å². The first kappa shape index (κ1) is 6.29. The van der Waals surface area contributed by atoms with Crippen LogP contribution >= 0.6 is 0 Å². The summed E-state index contributed by atoms with van der Waals surface area (Å²) in [7, 11) is 0. The predicted octanol–water partition coefficient (Wildman–Crippen LogP) is 1.23. The van der Waals surface area contributed by atoms with Gasteiger partial charge < -0.3 is 0 Å². The Morgan fingerprint density at radius 1 is 1.45 bits per heavy atom. The highest BCUT2D eigenvalue weighted by atomic mass is 14.8. The molecule has 1 aromatic rings. The Morgan fingerprint density at radius 3 is 2.91 bits per heavy atom. The first-order valence-corrected chi connectivity index (χ1v) is 3.62. The van der Waals surface area contributed by atoms with E-state index < -0.39 is 0 Å². The van der Waals surface area contributed by atoms with Crippen LogP contribution in [-0.4, -0.2) is 9.97 Å². The molecule has 54 valence electrons. The SMILES string of the molecule is N#Cc1cc(C2CC2)ncn1. The van der Waals surface area contributed by atoms with Gasteiger partial charge in [-0.15, -0.1) is 0 Å². The number of nitriles is 1. The Kier molecular flexibility index (Phi) is 1.32. The summed E-state index contributed by atoms with van der Waals surface area (Å²) in [6, 6.07) is 3.77. The van der Waals surface area contributed by atoms with E-state index in [1.807, 2.05) is 6.07 Å². The van der Waals surface area contributed by atoms with Crippen molar-refractivity contribution in [3.63, 3.8) is 0 Å². The van der Waals surface area contributed by atoms with Gasteiger partial charge in [0.2, 0.25) is 0 Å². The maximum atomic E-state index is 8.52. The van der Waals surface area contributed by atoms with Crippen molar-refractivity contribution in [3.05, 3.63) is 23.8 Å². The predicted molar refractivity (Wildman–Crippen MR) is 38.7 cm³/mol. The lowest BCUT2D eigenvalue weighted by Gasteiger charge is -1.93. The molecule has 0 radical (unpaired) electrons. The van der Waals surface area contributed by atoms with Gasteiger partial charge in [-0.2, -0.15) is 5.26 Å². The van der Waals surface area contributed by atoms with Crippen LogP contribution in [0.5, 0.6) is 0 Å². The van der Waals surface area contributed by atoms with E-state index in [2.05, 4.69) is 9.97 Å². The van der Waals surface area contributed by atoms with Crippen LogP contribution in [0.3, 0.4) is 0 Å². The number of hydrogen-bond acceptors (Lipinski definition) is 3. The third kappa shape index (κ3) is 1.20. The van der Waals surface area contributed by atoms with Crippen molar-refractivity contribution in [3.8, 4) is 6.07 Å². The summed E-state index contributed by atoms with van der Waals surface area (Å²) in [5.41, 5.74) is 1.50. The summed E-state index contributed by atoms with van der Waals surface area (Å²) >= 11 is 0. The van der Waals surface area contributed by atoms with Crippen LogP contribution < -0.4 is 0 Å². The molecule has 2 rings (SSSR count). The minimum Gasteiger partial charge on any atom is -0.241 e. The molecule has 11 heavy (non-hydrogen) atoms. The van der Waals surface area contributed by atoms with Crippen molar-refractivity contribution >= 4 is 0 Å². The van der Waals surface area contributed by atoms with E-state index in [1.54, 1.807) is 6.07 Å². The minimum absolute atomic E-state index is 0.474. The van der Waals surface area contributed by atoms with Crippen LogP contribution in [0.25, 0.3) is 0 Å². The van der Waals surface area contributed by atoms with Gasteiger partial charge in [0.05, 0.1) is 0 Å². The van der Waals surface area contributed by atoms with Gasteiger partial charge in [0.15, 0.2) is 0 Å². The zero-order valence-corrected chi connectivity index (χ0v) is 5.99. The van der Waals surface area contributed by atoms with Gasteiger partial charge in [0, 0.05) is 11.6 Å². The van der Waals surface area contributed by atoms with Crippen molar-refractivity contribution in [1.82, 2.24) is 9.97 Å². The average molecular weight is 145 g/mol. The van der Waals surface area contributed by atoms with E-state index in [1.165, 1.54) is 19.2 Å². The molecular weight excluding hydrogens is 138 g/mol. The molecule has 3 heteroatoms. The summed E-state index contributed by atoms with van der Waals surface area (Å²) < 4.78 is 0. The van der Waals surface area contributed by atoms with Crippen molar-refractivity contribution in [2.24, 2.45) is 0 Å². The molecule has 0 spiro atoms. The first-order valence-electron chi connectivity index (χ1n) is 3.62. The van der Waals surface area contributed by atoms with Gasteiger partial charge in [-0.05, 0) is 18.9 Å². The van der Waals surface area contributed by atoms with Crippen molar-refractivity contribution in [2.45, 2.75) is 18.8 Å². The van der Waals surface area contributed by atoms with Gasteiger partial charge in [0.1, 0.15) is 18.1 Å². The van der Waals surface area contributed by atoms with Gasteiger partial charge in [0.25, 0.3) is 0 Å². The molecule has 0 atom stereocenters. The van der Waals surface area contributed by atoms with E-state index in [0.29, 0.717) is 11.6 Å². The number of hydrogen-bond donors (Lipinski definition) is 0. The average Bonchev–Trinajstić information content (AvgIpc) is 2.87. The highest BCUT2D eigenvalue weighted by Crippen LogP contribution is 2.38. The zero-order valence-electron chi connectivity index (χ0n) is 5.99. The Labute approximate surface area is 64.7 Å². The lowest BCUT2D eigenvalue weighted by atomic mass is 10.2. The molecule has 3 nitrogen and oxygen atoms in total. The number of rotatable bonds is 1. The molecule has 0 saturated heterocycles. The first-order chi connectivity index (χ1) is 5.40. The molecule has 1 aliphatic rings. The molecule has 0 aliphatic heterocycles. The number of nitrogens with zero attached hydrogens (tertiary/aromatic N) is 3. The molecule has 1 heterocycles. The van der Waals surface area contributed by atoms with Crippen molar-refractivity contribution in [2.75, 3.05) is 0 Å². The van der Waals surface area contributed by atoms with Crippen molar-refractivity contribution in [1.29, 1.82) is 5.26 Å². The van der Waals surface area contributed by atoms with E-state index in [4.69, 9.17) is 5.26 Å². The molecule has 0 N–H and O–H groups in total. The molecule has 0 bridgehead atoms. The Bertz CT molecular complexity index is 309. The maximum absolute atomic E-state index is 8.52. The Balaban J connectivity index is 2.35. The second-order valence-corrected chi connectivity index (χ2v) is 2.71. The minimum atomic E-state index is 0.474. The van der Waals surface area contributed by atoms with Crippen LogP contribution in [0.1, 0.15) is 30.1 Å². The third-order valence-corrected chi connectivity index (χ3v) is 1.80. The van der Waals surface area contributed by atoms with Crippen LogP contribution in [0.15, 0.2) is 12.4 Å². The maximum Gasteiger partial charge on any atom is 0.144 e. The topological polar surface area (TPSA) is 49.6 Å². The van der Waals surface area contributed by atoms with Crippen LogP contribution in [0, 0.1) is 11.3 Å². The van der Waals surface area contributed by atoms with Crippen LogP contribution in [0.4, 0.5) is 0 Å².